The highest BCUT2D eigenvalue weighted by molar-refractivity contribution is 6.23. The van der Waals surface area contributed by atoms with Gasteiger partial charge in [0.25, 0.3) is 5.91 Å². The average Bonchev–Trinajstić information content (AvgIpc) is 3.25. The van der Waals surface area contributed by atoms with Gasteiger partial charge in [-0.05, 0) is 83.6 Å². The molecule has 0 saturated carbocycles. The van der Waals surface area contributed by atoms with Crippen LogP contribution in [0.15, 0.2) is 91.0 Å². The molecule has 2 bridgehead atoms. The normalized spacial score (nSPS) is 21.4. The maximum absolute atomic E-state index is 13.9. The molecule has 1 saturated heterocycles. The van der Waals surface area contributed by atoms with Crippen molar-refractivity contribution in [2.45, 2.75) is 25.7 Å². The van der Waals surface area contributed by atoms with Gasteiger partial charge in [0.1, 0.15) is 0 Å². The molecule has 1 N–H and O–H groups in total. The van der Waals surface area contributed by atoms with E-state index in [0.717, 1.165) is 33.4 Å². The van der Waals surface area contributed by atoms with Crippen LogP contribution in [-0.4, -0.2) is 30.3 Å². The zero-order valence-electron chi connectivity index (χ0n) is 23.2. The third kappa shape index (κ3) is 4.04. The molecule has 4 aliphatic rings. The first-order valence-electron chi connectivity index (χ1n) is 14.0. The Hall–Kier alpha value is -5.04. The highest BCUT2D eigenvalue weighted by atomic mass is 16.5. The summed E-state index contributed by atoms with van der Waals surface area (Å²) in [7, 11) is 0. The molecular formula is C35H28N2O5. The Morgan fingerprint density at radius 2 is 1.19 bits per heavy atom. The number of esters is 1. The quantitative estimate of drug-likeness (QED) is 0.259. The van der Waals surface area contributed by atoms with Crippen LogP contribution in [0.2, 0.25) is 0 Å². The Kier molecular flexibility index (Phi) is 6.04. The minimum Gasteiger partial charge on any atom is -0.452 e. The number of carbonyl (C=O) groups excluding carboxylic acids is 4. The number of amides is 3. The smallest absolute Gasteiger partial charge is 0.338 e. The van der Waals surface area contributed by atoms with Gasteiger partial charge in [-0.1, -0.05) is 54.6 Å². The van der Waals surface area contributed by atoms with E-state index in [0.29, 0.717) is 11.4 Å². The Morgan fingerprint density at radius 3 is 1.67 bits per heavy atom. The molecule has 0 radical (unpaired) electrons. The maximum atomic E-state index is 13.9. The molecule has 3 aliphatic carbocycles. The number of benzene rings is 4. The molecule has 42 heavy (non-hydrogen) atoms. The van der Waals surface area contributed by atoms with Crippen LogP contribution in [0.5, 0.6) is 0 Å². The minimum absolute atomic E-state index is 0.182. The van der Waals surface area contributed by atoms with Gasteiger partial charge in [-0.2, -0.15) is 0 Å². The highest BCUT2D eigenvalue weighted by Crippen LogP contribution is 2.61. The van der Waals surface area contributed by atoms with Crippen molar-refractivity contribution >= 4 is 35.1 Å². The van der Waals surface area contributed by atoms with Crippen LogP contribution in [0.4, 0.5) is 11.4 Å². The van der Waals surface area contributed by atoms with Gasteiger partial charge in [-0.15, -0.1) is 0 Å². The number of imide groups is 1. The first-order chi connectivity index (χ1) is 20.3. The predicted octanol–water partition coefficient (Wildman–Crippen LogP) is 5.50. The Bertz CT molecular complexity index is 1660. The summed E-state index contributed by atoms with van der Waals surface area (Å²) in [6.07, 6.45) is 0. The second kappa shape index (κ2) is 9.80. The van der Waals surface area contributed by atoms with Crippen molar-refractivity contribution in [1.29, 1.82) is 0 Å². The lowest BCUT2D eigenvalue weighted by Crippen LogP contribution is -2.41. The molecule has 0 aromatic heterocycles. The number of nitrogens with one attached hydrogen (secondary N) is 1. The Morgan fingerprint density at radius 1 is 0.714 bits per heavy atom. The summed E-state index contributed by atoms with van der Waals surface area (Å²) in [4.78, 5) is 54.1. The third-order valence-corrected chi connectivity index (χ3v) is 8.65. The van der Waals surface area contributed by atoms with Crippen LogP contribution in [0, 0.1) is 25.7 Å². The van der Waals surface area contributed by atoms with Crippen molar-refractivity contribution < 1.29 is 23.9 Å². The number of hydrogen-bond donors (Lipinski definition) is 1. The molecule has 1 fully saturated rings. The number of anilines is 2. The van der Waals surface area contributed by atoms with E-state index < -0.39 is 30.3 Å². The first-order valence-corrected chi connectivity index (χ1v) is 14.0. The van der Waals surface area contributed by atoms with Gasteiger partial charge in [0.15, 0.2) is 6.61 Å². The lowest BCUT2D eigenvalue weighted by molar-refractivity contribution is -0.122. The van der Waals surface area contributed by atoms with E-state index >= 15 is 0 Å². The van der Waals surface area contributed by atoms with Gasteiger partial charge in [-0.25, -0.2) is 9.69 Å². The first kappa shape index (κ1) is 25.9. The molecular weight excluding hydrogens is 528 g/mol. The van der Waals surface area contributed by atoms with E-state index in [-0.39, 0.29) is 29.2 Å². The zero-order valence-corrected chi connectivity index (χ0v) is 23.2. The van der Waals surface area contributed by atoms with Crippen molar-refractivity contribution in [2.75, 3.05) is 16.8 Å². The molecule has 7 heteroatoms. The van der Waals surface area contributed by atoms with Crippen molar-refractivity contribution in [2.24, 2.45) is 11.8 Å². The highest BCUT2D eigenvalue weighted by Gasteiger charge is 2.61. The van der Waals surface area contributed by atoms with Gasteiger partial charge >= 0.3 is 5.97 Å². The van der Waals surface area contributed by atoms with E-state index in [1.54, 1.807) is 12.1 Å². The fourth-order valence-corrected chi connectivity index (χ4v) is 7.14. The molecule has 4 aromatic rings. The number of nitrogens with zero attached hydrogens (tertiary/aromatic N) is 1. The standard InChI is InChI=1S/C35H28N2O5/c1-19-15-20(2)17-22(16-19)36-28(38)18-42-35(41)21-11-13-23(14-12-21)37-33(39)31-29-24-7-3-4-8-25(24)30(32(31)34(37)40)27-10-6-5-9-26(27)29/h3-17,29-32H,18H2,1-2H3,(H,36,38)/t29?,30?,31-,32+. The summed E-state index contributed by atoms with van der Waals surface area (Å²) >= 11 is 0. The number of ether oxygens (including phenoxy) is 1. The lowest BCUT2D eigenvalue weighted by atomic mass is 9.55. The summed E-state index contributed by atoms with van der Waals surface area (Å²) in [6.45, 7) is 3.43. The maximum Gasteiger partial charge on any atom is 0.338 e. The van der Waals surface area contributed by atoms with Crippen molar-refractivity contribution in [3.63, 3.8) is 0 Å². The van der Waals surface area contributed by atoms with Crippen LogP contribution in [0.1, 0.15) is 55.6 Å². The summed E-state index contributed by atoms with van der Waals surface area (Å²) in [5.41, 5.74) is 7.76. The SMILES string of the molecule is Cc1cc(C)cc(NC(=O)COC(=O)c2ccc(N3C(=O)[C@@H]4C5c6ccccc6C(c6ccccc65)[C@@H]4C3=O)cc2)c1. The largest absolute Gasteiger partial charge is 0.452 e. The second-order valence-corrected chi connectivity index (χ2v) is 11.3. The molecule has 208 valence electrons. The van der Waals surface area contributed by atoms with Crippen molar-refractivity contribution in [3.05, 3.63) is 130 Å². The zero-order chi connectivity index (χ0) is 29.1. The summed E-state index contributed by atoms with van der Waals surface area (Å²) < 4.78 is 5.22. The molecule has 1 heterocycles. The van der Waals surface area contributed by atoms with Crippen LogP contribution < -0.4 is 10.2 Å². The fourth-order valence-electron chi connectivity index (χ4n) is 7.14. The van der Waals surface area contributed by atoms with Gasteiger partial charge in [-0.3, -0.25) is 14.4 Å². The molecule has 7 nitrogen and oxygen atoms in total. The number of hydrogen-bond acceptors (Lipinski definition) is 5. The molecule has 2 atom stereocenters. The fraction of sp³-hybridized carbons (Fsp3) is 0.200. The molecule has 8 rings (SSSR count). The van der Waals surface area contributed by atoms with Crippen molar-refractivity contribution in [3.8, 4) is 0 Å². The van der Waals surface area contributed by atoms with E-state index in [1.807, 2.05) is 56.3 Å². The summed E-state index contributed by atoms with van der Waals surface area (Å²) in [6, 6.07) is 28.1. The van der Waals surface area contributed by atoms with Crippen molar-refractivity contribution in [1.82, 2.24) is 0 Å². The summed E-state index contributed by atoms with van der Waals surface area (Å²) in [5.74, 6) is -2.88. The van der Waals surface area contributed by atoms with Gasteiger partial charge in [0, 0.05) is 17.5 Å². The van der Waals surface area contributed by atoms with E-state index in [9.17, 15) is 19.2 Å². The van der Waals surface area contributed by atoms with Gasteiger partial charge in [0.2, 0.25) is 11.8 Å². The van der Waals surface area contributed by atoms with Crippen LogP contribution in [-0.2, 0) is 19.1 Å². The minimum atomic E-state index is -0.672. The monoisotopic (exact) mass is 556 g/mol. The number of rotatable bonds is 5. The average molecular weight is 557 g/mol. The molecule has 0 unspecified atom stereocenters. The molecule has 4 aromatic carbocycles. The van der Waals surface area contributed by atoms with E-state index in [1.165, 1.54) is 17.0 Å². The lowest BCUT2D eigenvalue weighted by Gasteiger charge is -2.45. The topological polar surface area (TPSA) is 92.8 Å². The molecule has 0 spiro atoms. The second-order valence-electron chi connectivity index (χ2n) is 11.3. The van der Waals surface area contributed by atoms with Gasteiger partial charge < -0.3 is 10.1 Å². The molecule has 3 amide bonds. The Balaban J connectivity index is 1.08. The Labute approximate surface area is 243 Å². The number of carbonyl (C=O) groups is 4. The van der Waals surface area contributed by atoms with E-state index in [2.05, 4.69) is 29.6 Å². The van der Waals surface area contributed by atoms with E-state index in [4.69, 9.17) is 4.74 Å². The van der Waals surface area contributed by atoms with Crippen LogP contribution >= 0.6 is 0 Å². The summed E-state index contributed by atoms with van der Waals surface area (Å²) in [5, 5.41) is 2.74. The third-order valence-electron chi connectivity index (χ3n) is 8.65. The predicted molar refractivity (Wildman–Crippen MR) is 157 cm³/mol. The van der Waals surface area contributed by atoms with Crippen LogP contribution in [0.3, 0.4) is 0 Å². The molecule has 1 aliphatic heterocycles. The van der Waals surface area contributed by atoms with Gasteiger partial charge in [0.05, 0.1) is 23.1 Å². The number of aryl methyl sites for hydroxylation is 2. The van der Waals surface area contributed by atoms with Crippen LogP contribution in [0.25, 0.3) is 0 Å².